The van der Waals surface area contributed by atoms with E-state index in [2.05, 4.69) is 30.5 Å². The first-order valence-corrected chi connectivity index (χ1v) is 15.1. The van der Waals surface area contributed by atoms with Gasteiger partial charge in [-0.05, 0) is 49.8 Å². The molecule has 0 bridgehead atoms. The van der Waals surface area contributed by atoms with E-state index in [4.69, 9.17) is 18.2 Å². The van der Waals surface area contributed by atoms with Gasteiger partial charge in [-0.3, -0.25) is 0 Å². The molecule has 39 heavy (non-hydrogen) atoms. The van der Waals surface area contributed by atoms with Gasteiger partial charge in [-0.1, -0.05) is 17.7 Å². The van der Waals surface area contributed by atoms with Gasteiger partial charge < -0.3 is 15.7 Å². The summed E-state index contributed by atoms with van der Waals surface area (Å²) in [7, 11) is -3.20. The number of halogens is 1. The number of piperidine rings is 1. The summed E-state index contributed by atoms with van der Waals surface area (Å²) >= 11 is 6.61. The molecule has 0 unspecified atom stereocenters. The Hall–Kier alpha value is -3.08. The quantitative estimate of drug-likeness (QED) is 0.352. The number of rotatable bonds is 8. The average molecular weight is 571 g/mol. The number of sulfonamides is 1. The van der Waals surface area contributed by atoms with Gasteiger partial charge in [0.05, 0.1) is 41.5 Å². The minimum absolute atomic E-state index is 0.0305. The van der Waals surface area contributed by atoms with Crippen molar-refractivity contribution in [2.45, 2.75) is 56.8 Å². The van der Waals surface area contributed by atoms with Crippen molar-refractivity contribution in [2.24, 2.45) is 0 Å². The monoisotopic (exact) mass is 570 g/mol. The van der Waals surface area contributed by atoms with Crippen LogP contribution in [0.4, 0.5) is 11.6 Å². The van der Waals surface area contributed by atoms with E-state index in [0.717, 1.165) is 24.8 Å². The topological polar surface area (TPSA) is 130 Å². The smallest absolute Gasteiger partial charge is 0.231 e. The fourth-order valence-electron chi connectivity index (χ4n) is 5.08. The van der Waals surface area contributed by atoms with Crippen molar-refractivity contribution in [3.8, 4) is 16.9 Å². The predicted molar refractivity (Wildman–Crippen MR) is 149 cm³/mol. The first-order valence-electron chi connectivity index (χ1n) is 12.9. The Balaban J connectivity index is 1.28. The number of aliphatic hydroxyl groups excluding tert-OH is 1. The number of aliphatic hydroxyl groups is 1. The maximum absolute atomic E-state index is 11.8. The van der Waals surface area contributed by atoms with Crippen molar-refractivity contribution in [3.63, 3.8) is 0 Å². The molecule has 3 aromatic rings. The fourth-order valence-corrected chi connectivity index (χ4v) is 6.25. The van der Waals surface area contributed by atoms with E-state index in [1.54, 1.807) is 17.1 Å². The highest BCUT2D eigenvalue weighted by atomic mass is 35.5. The number of nitrogens with one attached hydrogen (secondary N) is 2. The fraction of sp³-hybridized carbons (Fsp3) is 0.462. The highest BCUT2D eigenvalue weighted by molar-refractivity contribution is 7.88. The van der Waals surface area contributed by atoms with Crippen LogP contribution in [0.25, 0.3) is 21.8 Å². The number of hydrogen-bond donors (Lipinski definition) is 3. The molecule has 0 radical (unpaired) electrons. The molecule has 1 aliphatic heterocycles. The van der Waals surface area contributed by atoms with E-state index in [0.29, 0.717) is 72.1 Å². The third-order valence-electron chi connectivity index (χ3n) is 7.26. The largest absolute Gasteiger partial charge is 0.393 e. The van der Waals surface area contributed by atoms with Crippen LogP contribution < -0.4 is 10.6 Å². The van der Waals surface area contributed by atoms with Gasteiger partial charge in [0, 0.05) is 49.7 Å². The molecular weight excluding hydrogens is 540 g/mol. The molecule has 2 atom stereocenters. The molecular formula is C26H31ClN8O3S. The molecule has 1 aliphatic carbocycles. The first-order chi connectivity index (χ1) is 18.7. The lowest BCUT2D eigenvalue weighted by Gasteiger charge is -2.30. The van der Waals surface area contributed by atoms with Crippen LogP contribution in [0.15, 0.2) is 36.8 Å². The third-order valence-corrected chi connectivity index (χ3v) is 8.87. The molecule has 0 amide bonds. The predicted octanol–water partition coefficient (Wildman–Crippen LogP) is 3.37. The molecule has 2 fully saturated rings. The first kappa shape index (κ1) is 27.5. The van der Waals surface area contributed by atoms with Gasteiger partial charge >= 0.3 is 0 Å². The molecule has 2 aromatic heterocycles. The van der Waals surface area contributed by atoms with E-state index in [9.17, 15) is 13.5 Å². The van der Waals surface area contributed by atoms with Crippen molar-refractivity contribution in [2.75, 3.05) is 24.7 Å². The van der Waals surface area contributed by atoms with E-state index in [1.165, 1.54) is 16.8 Å². The lowest BCUT2D eigenvalue weighted by molar-refractivity contribution is 0.179. The third kappa shape index (κ3) is 6.57. The Bertz CT molecular complexity index is 1480. The molecule has 1 saturated carbocycles. The lowest BCUT2D eigenvalue weighted by Crippen LogP contribution is -2.42. The number of benzene rings is 1. The van der Waals surface area contributed by atoms with Crippen molar-refractivity contribution in [1.82, 2.24) is 29.4 Å². The lowest BCUT2D eigenvalue weighted by atomic mass is 10.1. The van der Waals surface area contributed by atoms with Crippen LogP contribution in [0.1, 0.15) is 37.7 Å². The SMILES string of the molecule is [C-]#[N+]c1cnc(NC2CCN(S(C)(=O)=O)CC2)nc1-c1cnn(-c2ccc(CN[C@@H]3CC[C@@H](O)C3)cc2Cl)c1. The van der Waals surface area contributed by atoms with Gasteiger partial charge in [-0.2, -0.15) is 5.10 Å². The maximum Gasteiger partial charge on any atom is 0.231 e. The van der Waals surface area contributed by atoms with E-state index in [1.807, 2.05) is 18.2 Å². The molecule has 11 nitrogen and oxygen atoms in total. The Morgan fingerprint density at radius 3 is 2.64 bits per heavy atom. The number of aromatic nitrogens is 4. The minimum Gasteiger partial charge on any atom is -0.393 e. The number of anilines is 1. The Labute approximate surface area is 233 Å². The highest BCUT2D eigenvalue weighted by Gasteiger charge is 2.26. The molecule has 2 aliphatic rings. The van der Waals surface area contributed by atoms with Crippen LogP contribution in [0.5, 0.6) is 0 Å². The highest BCUT2D eigenvalue weighted by Crippen LogP contribution is 2.31. The van der Waals surface area contributed by atoms with Gasteiger partial charge in [0.15, 0.2) is 0 Å². The van der Waals surface area contributed by atoms with Crippen molar-refractivity contribution >= 4 is 33.3 Å². The number of nitrogens with zero attached hydrogens (tertiary/aromatic N) is 6. The molecule has 1 saturated heterocycles. The summed E-state index contributed by atoms with van der Waals surface area (Å²) in [5.41, 5.74) is 3.16. The molecule has 1 aromatic carbocycles. The van der Waals surface area contributed by atoms with Gasteiger partial charge in [0.1, 0.15) is 0 Å². The summed E-state index contributed by atoms with van der Waals surface area (Å²) < 4.78 is 26.7. The van der Waals surface area contributed by atoms with Crippen LogP contribution in [0.2, 0.25) is 5.02 Å². The second-order valence-electron chi connectivity index (χ2n) is 10.1. The molecule has 3 heterocycles. The standard InChI is InChI=1S/C26H31ClN8O3S/c1-28-23-15-30-26(32-19-7-9-34(10-8-19)39(2,37)38)33-25(23)18-14-31-35(16-18)24-6-3-17(11-22(24)27)13-29-20-4-5-21(36)12-20/h3,6,11,14-16,19-21,29,36H,4-5,7-10,12-13H2,2H3,(H,30,32,33)/t20-,21-/m1/s1. The number of hydrogen-bond acceptors (Lipinski definition) is 8. The Kier molecular flexibility index (Phi) is 8.16. The van der Waals surface area contributed by atoms with Gasteiger partial charge in [-0.25, -0.2) is 32.2 Å². The molecule has 206 valence electrons. The van der Waals surface area contributed by atoms with Crippen LogP contribution in [-0.4, -0.2) is 75.1 Å². The molecule has 3 N–H and O–H groups in total. The van der Waals surface area contributed by atoms with Gasteiger partial charge in [-0.15, -0.1) is 0 Å². The molecule has 5 rings (SSSR count). The van der Waals surface area contributed by atoms with E-state index in [-0.39, 0.29) is 12.1 Å². The van der Waals surface area contributed by atoms with E-state index >= 15 is 0 Å². The summed E-state index contributed by atoms with van der Waals surface area (Å²) in [5.74, 6) is 0.382. The Morgan fingerprint density at radius 2 is 1.97 bits per heavy atom. The zero-order chi connectivity index (χ0) is 27.6. The Morgan fingerprint density at radius 1 is 1.18 bits per heavy atom. The molecule has 13 heteroatoms. The van der Waals surface area contributed by atoms with Gasteiger partial charge in [0.25, 0.3) is 0 Å². The van der Waals surface area contributed by atoms with Crippen LogP contribution >= 0.6 is 11.6 Å². The second-order valence-corrected chi connectivity index (χ2v) is 12.5. The van der Waals surface area contributed by atoms with Crippen molar-refractivity contribution in [3.05, 3.63) is 58.8 Å². The normalized spacial score (nSPS) is 20.7. The van der Waals surface area contributed by atoms with Gasteiger partial charge in [0.2, 0.25) is 21.7 Å². The minimum atomic E-state index is -3.20. The second kappa shape index (κ2) is 11.6. The average Bonchev–Trinajstić information content (AvgIpc) is 3.56. The maximum atomic E-state index is 11.8. The molecule has 0 spiro atoms. The van der Waals surface area contributed by atoms with Crippen molar-refractivity contribution in [1.29, 1.82) is 0 Å². The summed E-state index contributed by atoms with van der Waals surface area (Å²) in [6.45, 7) is 9.12. The van der Waals surface area contributed by atoms with Crippen LogP contribution in [0, 0.1) is 6.57 Å². The van der Waals surface area contributed by atoms with Crippen LogP contribution in [-0.2, 0) is 16.6 Å². The zero-order valence-corrected chi connectivity index (χ0v) is 23.2. The summed E-state index contributed by atoms with van der Waals surface area (Å²) in [6, 6.07) is 6.15. The summed E-state index contributed by atoms with van der Waals surface area (Å²) in [4.78, 5) is 12.5. The summed E-state index contributed by atoms with van der Waals surface area (Å²) in [5, 5.41) is 21.5. The van der Waals surface area contributed by atoms with E-state index < -0.39 is 10.0 Å². The zero-order valence-electron chi connectivity index (χ0n) is 21.6. The van der Waals surface area contributed by atoms with Crippen LogP contribution in [0.3, 0.4) is 0 Å². The van der Waals surface area contributed by atoms with Crippen molar-refractivity contribution < 1.29 is 13.5 Å². The summed E-state index contributed by atoms with van der Waals surface area (Å²) in [6.07, 6.45) is 9.78.